The minimum absolute atomic E-state index is 0.0161. The molecule has 0 radical (unpaired) electrons. The molecule has 0 aliphatic carbocycles. The second-order valence-electron chi connectivity index (χ2n) is 4.59. The van der Waals surface area contributed by atoms with Crippen LogP contribution in [0, 0.1) is 0 Å². The molecule has 0 fully saturated rings. The Labute approximate surface area is 120 Å². The topological polar surface area (TPSA) is 83.8 Å². The molecule has 0 aliphatic rings. The van der Waals surface area contributed by atoms with Crippen molar-refractivity contribution in [1.82, 2.24) is 0 Å². The first kappa shape index (κ1) is 13.2. The van der Waals surface area contributed by atoms with Gasteiger partial charge in [-0.15, -0.1) is 0 Å². The van der Waals surface area contributed by atoms with Gasteiger partial charge in [-0.2, -0.15) is 0 Å². The van der Waals surface area contributed by atoms with Gasteiger partial charge in [0.15, 0.2) is 0 Å². The molecular weight excluding hydrogens is 272 g/mol. The Hall–Kier alpha value is -2.79. The van der Waals surface area contributed by atoms with Crippen molar-refractivity contribution in [2.45, 2.75) is 5.60 Å². The van der Waals surface area contributed by atoms with Gasteiger partial charge in [0.1, 0.15) is 5.60 Å². The molecule has 0 unspecified atom stereocenters. The van der Waals surface area contributed by atoms with Crippen LogP contribution in [-0.2, 0) is 5.60 Å². The Kier molecular flexibility index (Phi) is 3.12. The van der Waals surface area contributed by atoms with Gasteiger partial charge in [0, 0.05) is 16.7 Å². The highest BCUT2D eigenvalue weighted by Gasteiger charge is 2.38. The molecule has 0 saturated carbocycles. The summed E-state index contributed by atoms with van der Waals surface area (Å²) < 4.78 is 10.1. The maximum Gasteiger partial charge on any atom is 0.336 e. The number of hydrogen-bond acceptors (Lipinski definition) is 4. The van der Waals surface area contributed by atoms with E-state index in [2.05, 4.69) is 0 Å². The fourth-order valence-electron chi connectivity index (χ4n) is 2.40. The molecule has 0 spiro atoms. The molecule has 21 heavy (non-hydrogen) atoms. The number of rotatable bonds is 4. The summed E-state index contributed by atoms with van der Waals surface area (Å²) in [7, 11) is 0. The third-order valence-corrected chi connectivity index (χ3v) is 3.43. The molecule has 0 bridgehead atoms. The van der Waals surface area contributed by atoms with Crippen molar-refractivity contribution in [2.75, 3.05) is 0 Å². The van der Waals surface area contributed by atoms with E-state index in [1.807, 2.05) is 0 Å². The van der Waals surface area contributed by atoms with Gasteiger partial charge in [0.2, 0.25) is 0 Å². The summed E-state index contributed by atoms with van der Waals surface area (Å²) in [6.45, 7) is 0. The summed E-state index contributed by atoms with van der Waals surface area (Å²) in [5, 5.41) is 20.6. The standard InChI is InChI=1S/C16H12O5/c17-15(18)13-3-1-2-4-14(13)16(19,11-5-7-20-9-11)12-6-8-21-10-12/h1-10,19H,(H,17,18). The van der Waals surface area contributed by atoms with E-state index in [1.54, 1.807) is 30.3 Å². The highest BCUT2D eigenvalue weighted by molar-refractivity contribution is 5.90. The molecule has 0 saturated heterocycles. The van der Waals surface area contributed by atoms with E-state index in [0.29, 0.717) is 11.1 Å². The highest BCUT2D eigenvalue weighted by Crippen LogP contribution is 2.38. The largest absolute Gasteiger partial charge is 0.478 e. The zero-order valence-corrected chi connectivity index (χ0v) is 10.9. The predicted molar refractivity (Wildman–Crippen MR) is 72.9 cm³/mol. The SMILES string of the molecule is O=C(O)c1ccccc1C(O)(c1ccoc1)c1ccoc1. The normalized spacial score (nSPS) is 11.5. The molecule has 0 aliphatic heterocycles. The van der Waals surface area contributed by atoms with Crippen molar-refractivity contribution in [2.24, 2.45) is 0 Å². The number of hydrogen-bond donors (Lipinski definition) is 2. The zero-order valence-electron chi connectivity index (χ0n) is 10.9. The lowest BCUT2D eigenvalue weighted by Gasteiger charge is -2.28. The highest BCUT2D eigenvalue weighted by atomic mass is 16.4. The van der Waals surface area contributed by atoms with Crippen LogP contribution in [0.5, 0.6) is 0 Å². The molecule has 106 valence electrons. The van der Waals surface area contributed by atoms with Gasteiger partial charge in [-0.1, -0.05) is 18.2 Å². The Bertz CT molecular complexity index is 707. The van der Waals surface area contributed by atoms with Crippen LogP contribution < -0.4 is 0 Å². The van der Waals surface area contributed by atoms with Crippen LogP contribution in [0.4, 0.5) is 0 Å². The van der Waals surface area contributed by atoms with E-state index in [4.69, 9.17) is 8.83 Å². The summed E-state index contributed by atoms with van der Waals surface area (Å²) >= 11 is 0. The number of carbonyl (C=O) groups is 1. The van der Waals surface area contributed by atoms with Gasteiger partial charge in [0.25, 0.3) is 0 Å². The Morgan fingerprint density at radius 1 is 0.952 bits per heavy atom. The predicted octanol–water partition coefficient (Wildman–Crippen LogP) is 2.86. The smallest absolute Gasteiger partial charge is 0.336 e. The molecule has 2 N–H and O–H groups in total. The first-order valence-electron chi connectivity index (χ1n) is 6.24. The lowest BCUT2D eigenvalue weighted by atomic mass is 9.80. The molecule has 3 aromatic rings. The first-order valence-corrected chi connectivity index (χ1v) is 6.24. The lowest BCUT2D eigenvalue weighted by Crippen LogP contribution is -2.30. The Balaban J connectivity index is 2.30. The van der Waals surface area contributed by atoms with Gasteiger partial charge in [-0.05, 0) is 18.2 Å². The Morgan fingerprint density at radius 3 is 2.00 bits per heavy atom. The molecule has 5 nitrogen and oxygen atoms in total. The van der Waals surface area contributed by atoms with Crippen molar-refractivity contribution in [3.63, 3.8) is 0 Å². The second kappa shape index (κ2) is 4.96. The molecule has 2 aromatic heterocycles. The van der Waals surface area contributed by atoms with Gasteiger partial charge >= 0.3 is 5.97 Å². The number of carboxylic acids is 1. The van der Waals surface area contributed by atoms with Crippen LogP contribution in [0.2, 0.25) is 0 Å². The first-order chi connectivity index (χ1) is 10.1. The summed E-state index contributed by atoms with van der Waals surface area (Å²) in [6.07, 6.45) is 5.60. The van der Waals surface area contributed by atoms with Crippen LogP contribution in [-0.4, -0.2) is 16.2 Å². The van der Waals surface area contributed by atoms with Gasteiger partial charge in [-0.25, -0.2) is 4.79 Å². The van der Waals surface area contributed by atoms with Crippen molar-refractivity contribution in [1.29, 1.82) is 0 Å². The third kappa shape index (κ3) is 2.04. The van der Waals surface area contributed by atoms with Crippen LogP contribution in [0.15, 0.2) is 70.3 Å². The third-order valence-electron chi connectivity index (χ3n) is 3.43. The van der Waals surface area contributed by atoms with Gasteiger partial charge in [0.05, 0.1) is 30.6 Å². The summed E-state index contributed by atoms with van der Waals surface area (Å²) in [5.41, 5.74) is -0.535. The molecule has 3 rings (SSSR count). The summed E-state index contributed by atoms with van der Waals surface area (Å²) in [6, 6.07) is 9.48. The van der Waals surface area contributed by atoms with E-state index in [-0.39, 0.29) is 11.1 Å². The maximum absolute atomic E-state index is 11.4. The number of aliphatic hydroxyl groups is 1. The molecule has 1 aromatic carbocycles. The van der Waals surface area contributed by atoms with Crippen LogP contribution >= 0.6 is 0 Å². The number of aromatic carboxylic acids is 1. The number of carboxylic acid groups (broad SMARTS) is 1. The van der Waals surface area contributed by atoms with E-state index >= 15 is 0 Å². The minimum atomic E-state index is -1.66. The van der Waals surface area contributed by atoms with Crippen molar-refractivity contribution in [3.8, 4) is 0 Å². The average molecular weight is 284 g/mol. The van der Waals surface area contributed by atoms with E-state index in [9.17, 15) is 15.0 Å². The fourth-order valence-corrected chi connectivity index (χ4v) is 2.40. The lowest BCUT2D eigenvalue weighted by molar-refractivity contribution is 0.0679. The second-order valence-corrected chi connectivity index (χ2v) is 4.59. The van der Waals surface area contributed by atoms with Crippen LogP contribution in [0.25, 0.3) is 0 Å². The van der Waals surface area contributed by atoms with Crippen molar-refractivity contribution in [3.05, 3.63) is 83.7 Å². The van der Waals surface area contributed by atoms with E-state index < -0.39 is 11.6 Å². The summed E-state index contributed by atoms with van der Waals surface area (Å²) in [5.74, 6) is -1.11. The monoisotopic (exact) mass is 284 g/mol. The maximum atomic E-state index is 11.4. The van der Waals surface area contributed by atoms with E-state index in [0.717, 1.165) is 0 Å². The van der Waals surface area contributed by atoms with Crippen LogP contribution in [0.1, 0.15) is 27.0 Å². The molecule has 0 amide bonds. The molecular formula is C16H12O5. The van der Waals surface area contributed by atoms with Crippen molar-refractivity contribution < 1.29 is 23.8 Å². The molecule has 2 heterocycles. The average Bonchev–Trinajstić information content (AvgIpc) is 3.19. The fraction of sp³-hybridized carbons (Fsp3) is 0.0625. The Morgan fingerprint density at radius 2 is 1.52 bits per heavy atom. The van der Waals surface area contributed by atoms with Crippen LogP contribution in [0.3, 0.4) is 0 Å². The van der Waals surface area contributed by atoms with Gasteiger partial charge < -0.3 is 19.0 Å². The number of furan rings is 2. The zero-order chi connectivity index (χ0) is 14.9. The number of benzene rings is 1. The van der Waals surface area contributed by atoms with E-state index in [1.165, 1.54) is 31.1 Å². The summed E-state index contributed by atoms with van der Waals surface area (Å²) in [4.78, 5) is 11.4. The quantitative estimate of drug-likeness (QED) is 0.769. The minimum Gasteiger partial charge on any atom is -0.478 e. The molecule has 0 atom stereocenters. The molecule has 5 heteroatoms. The van der Waals surface area contributed by atoms with Crippen molar-refractivity contribution >= 4 is 5.97 Å². The van der Waals surface area contributed by atoms with Gasteiger partial charge in [-0.3, -0.25) is 0 Å².